The van der Waals surface area contributed by atoms with E-state index in [2.05, 4.69) is 0 Å². The van der Waals surface area contributed by atoms with Gasteiger partial charge in [0.2, 0.25) is 11.8 Å². The van der Waals surface area contributed by atoms with Gasteiger partial charge in [-0.15, -0.1) is 11.8 Å². The number of nitrogens with zero attached hydrogens (tertiary/aromatic N) is 1. The Labute approximate surface area is 106 Å². The molecule has 0 aliphatic carbocycles. The maximum absolute atomic E-state index is 11.8. The summed E-state index contributed by atoms with van der Waals surface area (Å²) in [5.74, 6) is -0.317. The quantitative estimate of drug-likeness (QED) is 0.772. The Hall–Kier alpha value is -1.29. The minimum Gasteiger partial charge on any atom is -0.274 e. The van der Waals surface area contributed by atoms with Crippen LogP contribution in [0.3, 0.4) is 0 Å². The van der Waals surface area contributed by atoms with E-state index < -0.39 is 0 Å². The van der Waals surface area contributed by atoms with E-state index in [0.29, 0.717) is 18.5 Å². The third-order valence-electron chi connectivity index (χ3n) is 2.43. The van der Waals surface area contributed by atoms with Crippen molar-refractivity contribution in [2.45, 2.75) is 31.6 Å². The molecule has 4 heteroatoms. The molecule has 0 bridgehead atoms. The molecule has 0 aliphatic heterocycles. The highest BCUT2D eigenvalue weighted by atomic mass is 32.2. The van der Waals surface area contributed by atoms with Crippen LogP contribution < -0.4 is 4.90 Å². The average molecular weight is 251 g/mol. The van der Waals surface area contributed by atoms with Crippen molar-refractivity contribution >= 4 is 29.3 Å². The highest BCUT2D eigenvalue weighted by Crippen LogP contribution is 2.21. The Morgan fingerprint density at radius 1 is 1.06 bits per heavy atom. The number of rotatable bonds is 4. The van der Waals surface area contributed by atoms with Crippen LogP contribution in [0.1, 0.15) is 26.7 Å². The number of carbonyl (C=O) groups is 2. The van der Waals surface area contributed by atoms with Gasteiger partial charge in [0.15, 0.2) is 0 Å². The molecule has 0 atom stereocenters. The Morgan fingerprint density at radius 3 is 1.88 bits per heavy atom. The lowest BCUT2D eigenvalue weighted by atomic mass is 10.2. The summed E-state index contributed by atoms with van der Waals surface area (Å²) in [6, 6.07) is 7.46. The van der Waals surface area contributed by atoms with Crippen LogP contribution in [0.4, 0.5) is 5.69 Å². The molecule has 92 valence electrons. The number of anilines is 1. The minimum absolute atomic E-state index is 0.159. The monoisotopic (exact) mass is 251 g/mol. The van der Waals surface area contributed by atoms with E-state index in [4.69, 9.17) is 0 Å². The van der Waals surface area contributed by atoms with Crippen molar-refractivity contribution in [1.82, 2.24) is 0 Å². The van der Waals surface area contributed by atoms with E-state index in [1.807, 2.05) is 30.5 Å². The first kappa shape index (κ1) is 13.8. The zero-order chi connectivity index (χ0) is 12.8. The van der Waals surface area contributed by atoms with Crippen LogP contribution in [0.2, 0.25) is 0 Å². The molecular formula is C13H17NO2S. The molecule has 0 aliphatic rings. The van der Waals surface area contributed by atoms with Gasteiger partial charge in [-0.3, -0.25) is 14.5 Å². The molecule has 0 N–H and O–H groups in total. The van der Waals surface area contributed by atoms with Gasteiger partial charge >= 0.3 is 0 Å². The predicted octanol–water partition coefficient (Wildman–Crippen LogP) is 3.09. The molecule has 2 amide bonds. The molecule has 1 rings (SSSR count). The van der Waals surface area contributed by atoms with Crippen molar-refractivity contribution in [3.05, 3.63) is 24.3 Å². The number of carbonyl (C=O) groups excluding carboxylic acids is 2. The van der Waals surface area contributed by atoms with Gasteiger partial charge in [0.05, 0.1) is 5.69 Å². The van der Waals surface area contributed by atoms with E-state index in [9.17, 15) is 9.59 Å². The average Bonchev–Trinajstić information content (AvgIpc) is 2.39. The summed E-state index contributed by atoms with van der Waals surface area (Å²) >= 11 is 1.63. The lowest BCUT2D eigenvalue weighted by molar-refractivity contribution is -0.126. The van der Waals surface area contributed by atoms with Crippen LogP contribution >= 0.6 is 11.8 Å². The fourth-order valence-corrected chi connectivity index (χ4v) is 1.88. The molecule has 3 nitrogen and oxygen atoms in total. The van der Waals surface area contributed by atoms with E-state index in [1.54, 1.807) is 25.6 Å². The second-order valence-electron chi connectivity index (χ2n) is 3.53. The fourth-order valence-electron chi connectivity index (χ4n) is 1.47. The summed E-state index contributed by atoms with van der Waals surface area (Å²) < 4.78 is 0. The molecule has 1 aromatic carbocycles. The number of hydrogen-bond donors (Lipinski definition) is 0. The van der Waals surface area contributed by atoms with Crippen molar-refractivity contribution < 1.29 is 9.59 Å². The molecule has 0 unspecified atom stereocenters. The van der Waals surface area contributed by atoms with Crippen LogP contribution in [0, 0.1) is 0 Å². The summed E-state index contributed by atoms with van der Waals surface area (Å²) in [6.07, 6.45) is 2.65. The SMILES string of the molecule is CCC(=O)N(C(=O)CC)c1ccc(SC)cc1. The van der Waals surface area contributed by atoms with Crippen molar-refractivity contribution in [2.75, 3.05) is 11.2 Å². The Morgan fingerprint density at radius 2 is 1.53 bits per heavy atom. The molecule has 17 heavy (non-hydrogen) atoms. The molecule has 0 fully saturated rings. The second-order valence-corrected chi connectivity index (χ2v) is 4.41. The molecule has 0 saturated heterocycles. The van der Waals surface area contributed by atoms with Crippen molar-refractivity contribution in [3.63, 3.8) is 0 Å². The van der Waals surface area contributed by atoms with Crippen molar-refractivity contribution in [3.8, 4) is 0 Å². The topological polar surface area (TPSA) is 37.4 Å². The first-order valence-corrected chi connectivity index (χ1v) is 6.86. The van der Waals surface area contributed by atoms with Crippen LogP contribution in [-0.2, 0) is 9.59 Å². The zero-order valence-electron chi connectivity index (χ0n) is 10.4. The van der Waals surface area contributed by atoms with E-state index in [1.165, 1.54) is 4.90 Å². The first-order valence-electron chi connectivity index (χ1n) is 5.63. The van der Waals surface area contributed by atoms with Crippen LogP contribution in [0.15, 0.2) is 29.2 Å². The molecule has 0 spiro atoms. The fraction of sp³-hybridized carbons (Fsp3) is 0.385. The van der Waals surface area contributed by atoms with Crippen molar-refractivity contribution in [2.24, 2.45) is 0 Å². The summed E-state index contributed by atoms with van der Waals surface area (Å²) in [5, 5.41) is 0. The number of benzene rings is 1. The Bertz CT molecular complexity index is 384. The number of hydrogen-bond acceptors (Lipinski definition) is 3. The van der Waals surface area contributed by atoms with E-state index in [-0.39, 0.29) is 11.8 Å². The van der Waals surface area contributed by atoms with Crippen LogP contribution in [-0.4, -0.2) is 18.1 Å². The maximum atomic E-state index is 11.8. The third kappa shape index (κ3) is 3.33. The largest absolute Gasteiger partial charge is 0.274 e. The maximum Gasteiger partial charge on any atom is 0.233 e. The van der Waals surface area contributed by atoms with Gasteiger partial charge in [-0.25, -0.2) is 0 Å². The highest BCUT2D eigenvalue weighted by Gasteiger charge is 2.20. The standard InChI is InChI=1S/C13H17NO2S/c1-4-12(15)14(13(16)5-2)10-6-8-11(17-3)9-7-10/h6-9H,4-5H2,1-3H3. The van der Waals surface area contributed by atoms with Crippen LogP contribution in [0.25, 0.3) is 0 Å². The van der Waals surface area contributed by atoms with Gasteiger partial charge < -0.3 is 0 Å². The summed E-state index contributed by atoms with van der Waals surface area (Å²) in [6.45, 7) is 3.52. The smallest absolute Gasteiger partial charge is 0.233 e. The van der Waals surface area contributed by atoms with E-state index in [0.717, 1.165) is 4.90 Å². The van der Waals surface area contributed by atoms with Gasteiger partial charge in [-0.05, 0) is 30.5 Å². The lowest BCUT2D eigenvalue weighted by Gasteiger charge is -2.19. The number of imide groups is 1. The summed E-state index contributed by atoms with van der Waals surface area (Å²) in [4.78, 5) is 25.9. The normalized spacial score (nSPS) is 10.1. The van der Waals surface area contributed by atoms with Gasteiger partial charge in [-0.1, -0.05) is 13.8 Å². The predicted molar refractivity (Wildman–Crippen MR) is 71.3 cm³/mol. The Balaban J connectivity index is 3.04. The van der Waals surface area contributed by atoms with Gasteiger partial charge in [0.1, 0.15) is 0 Å². The minimum atomic E-state index is -0.159. The molecule has 0 heterocycles. The first-order chi connectivity index (χ1) is 8.13. The number of amides is 2. The summed E-state index contributed by atoms with van der Waals surface area (Å²) in [7, 11) is 0. The second kappa shape index (κ2) is 6.45. The van der Waals surface area contributed by atoms with E-state index >= 15 is 0 Å². The Kier molecular flexibility index (Phi) is 5.22. The number of thioether (sulfide) groups is 1. The third-order valence-corrected chi connectivity index (χ3v) is 3.18. The summed E-state index contributed by atoms with van der Waals surface area (Å²) in [5.41, 5.74) is 0.654. The molecule has 1 aromatic rings. The molecule has 0 saturated carbocycles. The van der Waals surface area contributed by atoms with Gasteiger partial charge in [-0.2, -0.15) is 0 Å². The molecule has 0 radical (unpaired) electrons. The van der Waals surface area contributed by atoms with Gasteiger partial charge in [0.25, 0.3) is 0 Å². The van der Waals surface area contributed by atoms with Crippen molar-refractivity contribution in [1.29, 1.82) is 0 Å². The molecular weight excluding hydrogens is 234 g/mol. The zero-order valence-corrected chi connectivity index (χ0v) is 11.2. The van der Waals surface area contributed by atoms with Crippen LogP contribution in [0.5, 0.6) is 0 Å². The van der Waals surface area contributed by atoms with Gasteiger partial charge in [0, 0.05) is 17.7 Å². The molecule has 0 aromatic heterocycles. The lowest BCUT2D eigenvalue weighted by Crippen LogP contribution is -2.35. The highest BCUT2D eigenvalue weighted by molar-refractivity contribution is 7.98.